The van der Waals surface area contributed by atoms with Crippen LogP contribution in [0.4, 0.5) is 0 Å². The second kappa shape index (κ2) is 7.15. The van der Waals surface area contributed by atoms with Crippen LogP contribution in [0.25, 0.3) is 0 Å². The van der Waals surface area contributed by atoms with Gasteiger partial charge in [-0.2, -0.15) is 4.98 Å². The van der Waals surface area contributed by atoms with Crippen LogP contribution in [0.15, 0.2) is 16.7 Å². The molecule has 0 aromatic carbocycles. The van der Waals surface area contributed by atoms with E-state index in [2.05, 4.69) is 10.1 Å². The summed E-state index contributed by atoms with van der Waals surface area (Å²) in [6.07, 6.45) is 8.00. The summed E-state index contributed by atoms with van der Waals surface area (Å²) < 4.78 is 5.35. The van der Waals surface area contributed by atoms with E-state index >= 15 is 0 Å². The summed E-state index contributed by atoms with van der Waals surface area (Å²) in [6, 6.07) is -0.237. The molecule has 1 fully saturated rings. The molecule has 1 aromatic rings. The van der Waals surface area contributed by atoms with Crippen molar-refractivity contribution >= 4 is 11.9 Å². The predicted molar refractivity (Wildman–Crippen MR) is 85.0 cm³/mol. The first-order chi connectivity index (χ1) is 11.6. The number of carbonyl (C=O) groups is 2. The van der Waals surface area contributed by atoms with Gasteiger partial charge in [-0.1, -0.05) is 24.2 Å². The van der Waals surface area contributed by atoms with Crippen molar-refractivity contribution in [3.63, 3.8) is 0 Å². The molecule has 1 amide bonds. The van der Waals surface area contributed by atoms with Crippen molar-refractivity contribution < 1.29 is 19.2 Å². The average molecular weight is 333 g/mol. The normalized spacial score (nSPS) is 27.2. The first-order valence-electron chi connectivity index (χ1n) is 8.62. The molecule has 0 radical (unpaired) electrons. The molecular weight excluding hydrogens is 310 g/mol. The number of carboxylic acids is 1. The minimum absolute atomic E-state index is 0.104. The maximum absolute atomic E-state index is 13.1. The molecule has 3 rings (SSSR count). The van der Waals surface area contributed by atoms with E-state index in [9.17, 15) is 14.7 Å². The molecule has 24 heavy (non-hydrogen) atoms. The highest BCUT2D eigenvalue weighted by Crippen LogP contribution is 2.35. The van der Waals surface area contributed by atoms with Crippen molar-refractivity contribution in [2.45, 2.75) is 51.5 Å². The summed E-state index contributed by atoms with van der Waals surface area (Å²) in [7, 11) is 0. The topological polar surface area (TPSA) is 96.5 Å². The Labute approximate surface area is 140 Å². The standard InChI is InChI=1S/C17H23N3O4/c1-2-14-18-15(24-19-14)13-9-5-6-10-20(13)16(21)11-7-3-4-8-12(11)17(22)23/h3-4,11-13H,2,5-10H2,1H3,(H,22,23)/t11-,12+,13-/m0/s1. The zero-order chi connectivity index (χ0) is 17.1. The lowest BCUT2D eigenvalue weighted by Gasteiger charge is -2.37. The highest BCUT2D eigenvalue weighted by Gasteiger charge is 2.40. The molecule has 0 bridgehead atoms. The smallest absolute Gasteiger partial charge is 0.307 e. The fourth-order valence-corrected chi connectivity index (χ4v) is 3.57. The summed E-state index contributed by atoms with van der Waals surface area (Å²) in [5, 5.41) is 13.4. The van der Waals surface area contributed by atoms with Gasteiger partial charge in [0.15, 0.2) is 5.82 Å². The summed E-state index contributed by atoms with van der Waals surface area (Å²) in [5.74, 6) is -1.07. The van der Waals surface area contributed by atoms with Crippen molar-refractivity contribution in [3.8, 4) is 0 Å². The van der Waals surface area contributed by atoms with E-state index in [4.69, 9.17) is 4.52 Å². The molecule has 0 spiro atoms. The number of carboxylic acid groups (broad SMARTS) is 1. The van der Waals surface area contributed by atoms with Gasteiger partial charge in [0.2, 0.25) is 11.8 Å². The van der Waals surface area contributed by atoms with E-state index in [1.807, 2.05) is 19.1 Å². The van der Waals surface area contributed by atoms with Crippen molar-refractivity contribution in [2.75, 3.05) is 6.54 Å². The highest BCUT2D eigenvalue weighted by molar-refractivity contribution is 5.85. The molecule has 0 unspecified atom stereocenters. The third kappa shape index (κ3) is 3.20. The zero-order valence-corrected chi connectivity index (χ0v) is 13.9. The summed E-state index contributed by atoms with van der Waals surface area (Å²) in [6.45, 7) is 2.56. The number of piperidine rings is 1. The molecule has 7 nitrogen and oxygen atoms in total. The number of aryl methyl sites for hydroxylation is 1. The first kappa shape index (κ1) is 16.7. The predicted octanol–water partition coefficient (Wildman–Crippen LogP) is 2.35. The van der Waals surface area contributed by atoms with Gasteiger partial charge < -0.3 is 14.5 Å². The van der Waals surface area contributed by atoms with E-state index in [1.54, 1.807) is 4.90 Å². The van der Waals surface area contributed by atoms with Crippen LogP contribution in [0.1, 0.15) is 56.8 Å². The largest absolute Gasteiger partial charge is 0.481 e. The summed E-state index contributed by atoms with van der Waals surface area (Å²) in [5.41, 5.74) is 0. The van der Waals surface area contributed by atoms with Crippen LogP contribution in [-0.4, -0.2) is 38.6 Å². The molecule has 1 aliphatic carbocycles. The Morgan fingerprint density at radius 3 is 2.71 bits per heavy atom. The van der Waals surface area contributed by atoms with Crippen LogP contribution < -0.4 is 0 Å². The van der Waals surface area contributed by atoms with Gasteiger partial charge >= 0.3 is 5.97 Å². The van der Waals surface area contributed by atoms with Crippen molar-refractivity contribution in [1.82, 2.24) is 15.0 Å². The van der Waals surface area contributed by atoms with Crippen molar-refractivity contribution in [3.05, 3.63) is 23.9 Å². The summed E-state index contributed by atoms with van der Waals surface area (Å²) >= 11 is 0. The lowest BCUT2D eigenvalue weighted by atomic mass is 9.81. The molecule has 2 heterocycles. The van der Waals surface area contributed by atoms with Gasteiger partial charge in [-0.3, -0.25) is 9.59 Å². The van der Waals surface area contributed by atoms with Crippen LogP contribution >= 0.6 is 0 Å². The maximum Gasteiger partial charge on any atom is 0.307 e. The molecule has 7 heteroatoms. The Kier molecular flexibility index (Phi) is 4.97. The monoisotopic (exact) mass is 333 g/mol. The van der Waals surface area contributed by atoms with Crippen molar-refractivity contribution in [2.24, 2.45) is 11.8 Å². The van der Waals surface area contributed by atoms with Gasteiger partial charge in [0.1, 0.15) is 6.04 Å². The molecule has 2 aliphatic rings. The highest BCUT2D eigenvalue weighted by atomic mass is 16.5. The van der Waals surface area contributed by atoms with E-state index < -0.39 is 17.8 Å². The first-order valence-corrected chi connectivity index (χ1v) is 8.62. The number of aromatic nitrogens is 2. The average Bonchev–Trinajstić information content (AvgIpc) is 3.10. The van der Waals surface area contributed by atoms with E-state index in [1.165, 1.54) is 0 Å². The number of carbonyl (C=O) groups excluding carboxylic acids is 1. The van der Waals surface area contributed by atoms with Gasteiger partial charge in [0, 0.05) is 13.0 Å². The lowest BCUT2D eigenvalue weighted by molar-refractivity contribution is -0.152. The fraction of sp³-hybridized carbons (Fsp3) is 0.647. The van der Waals surface area contributed by atoms with E-state index in [0.717, 1.165) is 19.3 Å². The van der Waals surface area contributed by atoms with Gasteiger partial charge in [-0.25, -0.2) is 0 Å². The Morgan fingerprint density at radius 1 is 1.29 bits per heavy atom. The Balaban J connectivity index is 1.82. The number of nitrogens with zero attached hydrogens (tertiary/aromatic N) is 3. The molecule has 1 N–H and O–H groups in total. The molecule has 0 saturated carbocycles. The maximum atomic E-state index is 13.1. The van der Waals surface area contributed by atoms with Gasteiger partial charge in [-0.05, 0) is 32.1 Å². The Morgan fingerprint density at radius 2 is 2.04 bits per heavy atom. The second-order valence-corrected chi connectivity index (χ2v) is 6.44. The number of allylic oxidation sites excluding steroid dienone is 2. The quantitative estimate of drug-likeness (QED) is 0.850. The van der Waals surface area contributed by atoms with E-state index in [0.29, 0.717) is 37.5 Å². The Hall–Kier alpha value is -2.18. The third-order valence-electron chi connectivity index (χ3n) is 4.94. The molecular formula is C17H23N3O4. The Bertz CT molecular complexity index is 640. The molecule has 1 saturated heterocycles. The number of amides is 1. The number of hydrogen-bond donors (Lipinski definition) is 1. The van der Waals surface area contributed by atoms with Gasteiger partial charge in [0.25, 0.3) is 0 Å². The molecule has 1 aliphatic heterocycles. The van der Waals surface area contributed by atoms with Crippen LogP contribution in [0, 0.1) is 11.8 Å². The number of rotatable bonds is 4. The van der Waals surface area contributed by atoms with Crippen LogP contribution in [0.2, 0.25) is 0 Å². The third-order valence-corrected chi connectivity index (χ3v) is 4.94. The SMILES string of the molecule is CCc1noc([C@@H]2CCCCN2C(=O)[C@H]2CC=CC[C@H]2C(=O)O)n1. The van der Waals surface area contributed by atoms with Crippen LogP contribution in [-0.2, 0) is 16.0 Å². The van der Waals surface area contributed by atoms with Gasteiger partial charge in [-0.15, -0.1) is 0 Å². The number of hydrogen-bond acceptors (Lipinski definition) is 5. The number of likely N-dealkylation sites (tertiary alicyclic amines) is 1. The van der Waals surface area contributed by atoms with Crippen LogP contribution in [0.5, 0.6) is 0 Å². The van der Waals surface area contributed by atoms with E-state index in [-0.39, 0.29) is 11.9 Å². The zero-order valence-electron chi connectivity index (χ0n) is 13.9. The minimum atomic E-state index is -0.905. The molecule has 130 valence electrons. The minimum Gasteiger partial charge on any atom is -0.481 e. The second-order valence-electron chi connectivity index (χ2n) is 6.44. The van der Waals surface area contributed by atoms with Gasteiger partial charge in [0.05, 0.1) is 11.8 Å². The lowest BCUT2D eigenvalue weighted by Crippen LogP contribution is -2.45. The number of aliphatic carboxylic acids is 1. The molecule has 1 aromatic heterocycles. The van der Waals surface area contributed by atoms with Crippen LogP contribution in [0.3, 0.4) is 0 Å². The summed E-state index contributed by atoms with van der Waals surface area (Å²) in [4.78, 5) is 30.7. The molecule has 3 atom stereocenters. The fourth-order valence-electron chi connectivity index (χ4n) is 3.57. The van der Waals surface area contributed by atoms with Crippen molar-refractivity contribution in [1.29, 1.82) is 0 Å².